The summed E-state index contributed by atoms with van der Waals surface area (Å²) in [6.07, 6.45) is 1.87. The van der Waals surface area contributed by atoms with Crippen molar-refractivity contribution in [3.05, 3.63) is 29.6 Å². The predicted octanol–water partition coefficient (Wildman–Crippen LogP) is 0.447. The highest BCUT2D eigenvalue weighted by atomic mass is 16.4. The SMILES string of the molecule is Cc1ccc(C2CC(=O)NC2C(=O)O)nc1. The summed E-state index contributed by atoms with van der Waals surface area (Å²) in [6.45, 7) is 1.91. The van der Waals surface area contributed by atoms with Gasteiger partial charge < -0.3 is 10.4 Å². The molecule has 1 saturated heterocycles. The number of carboxylic acid groups (broad SMARTS) is 1. The van der Waals surface area contributed by atoms with Gasteiger partial charge in [-0.3, -0.25) is 9.78 Å². The van der Waals surface area contributed by atoms with Crippen LogP contribution in [0.5, 0.6) is 0 Å². The number of pyridine rings is 1. The molecular formula is C11H12N2O3. The van der Waals surface area contributed by atoms with Crippen LogP contribution in [0.1, 0.15) is 23.6 Å². The fourth-order valence-electron chi connectivity index (χ4n) is 1.86. The van der Waals surface area contributed by atoms with E-state index in [1.165, 1.54) is 0 Å². The molecule has 2 N–H and O–H groups in total. The van der Waals surface area contributed by atoms with Crippen LogP contribution in [0.15, 0.2) is 18.3 Å². The predicted molar refractivity (Wildman–Crippen MR) is 55.9 cm³/mol. The smallest absolute Gasteiger partial charge is 0.326 e. The van der Waals surface area contributed by atoms with Gasteiger partial charge >= 0.3 is 5.97 Å². The Labute approximate surface area is 92.5 Å². The van der Waals surface area contributed by atoms with Gasteiger partial charge in [0.15, 0.2) is 0 Å². The fraction of sp³-hybridized carbons (Fsp3) is 0.364. The third kappa shape index (κ3) is 1.88. The molecule has 2 unspecified atom stereocenters. The minimum Gasteiger partial charge on any atom is -0.480 e. The molecule has 5 heteroatoms. The Morgan fingerprint density at radius 1 is 1.56 bits per heavy atom. The lowest BCUT2D eigenvalue weighted by Crippen LogP contribution is -2.36. The lowest BCUT2D eigenvalue weighted by Gasteiger charge is -2.13. The fourth-order valence-corrected chi connectivity index (χ4v) is 1.86. The number of rotatable bonds is 2. The van der Waals surface area contributed by atoms with E-state index in [0.29, 0.717) is 5.69 Å². The number of nitrogens with zero attached hydrogens (tertiary/aromatic N) is 1. The van der Waals surface area contributed by atoms with E-state index in [4.69, 9.17) is 5.11 Å². The molecule has 1 aromatic rings. The first-order valence-electron chi connectivity index (χ1n) is 5.02. The first-order valence-corrected chi connectivity index (χ1v) is 5.02. The summed E-state index contributed by atoms with van der Waals surface area (Å²) in [4.78, 5) is 26.3. The normalized spacial score (nSPS) is 24.2. The standard InChI is InChI=1S/C11H12N2O3/c1-6-2-3-8(12-5-6)7-4-9(14)13-10(7)11(15)16/h2-3,5,7,10H,4H2,1H3,(H,13,14)(H,15,16). The molecule has 0 aromatic carbocycles. The van der Waals surface area contributed by atoms with E-state index in [-0.39, 0.29) is 18.2 Å². The number of hydrogen-bond acceptors (Lipinski definition) is 3. The third-order valence-corrected chi connectivity index (χ3v) is 2.70. The van der Waals surface area contributed by atoms with Crippen molar-refractivity contribution in [2.45, 2.75) is 25.3 Å². The van der Waals surface area contributed by atoms with E-state index >= 15 is 0 Å². The Bertz CT molecular complexity index is 427. The van der Waals surface area contributed by atoms with Crippen LogP contribution in [0.3, 0.4) is 0 Å². The third-order valence-electron chi connectivity index (χ3n) is 2.70. The molecule has 0 bridgehead atoms. The number of aryl methyl sites for hydroxylation is 1. The van der Waals surface area contributed by atoms with Crippen molar-refractivity contribution in [3.8, 4) is 0 Å². The Balaban J connectivity index is 2.28. The van der Waals surface area contributed by atoms with Gasteiger partial charge in [0, 0.05) is 24.2 Å². The van der Waals surface area contributed by atoms with Crippen molar-refractivity contribution in [1.29, 1.82) is 0 Å². The van der Waals surface area contributed by atoms with Gasteiger partial charge in [-0.05, 0) is 18.6 Å². The second kappa shape index (κ2) is 3.92. The van der Waals surface area contributed by atoms with Gasteiger partial charge in [-0.1, -0.05) is 6.07 Å². The first kappa shape index (κ1) is 10.6. The number of carbonyl (C=O) groups is 2. The highest BCUT2D eigenvalue weighted by Gasteiger charge is 2.39. The molecule has 1 aliphatic rings. The molecule has 5 nitrogen and oxygen atoms in total. The van der Waals surface area contributed by atoms with Crippen molar-refractivity contribution >= 4 is 11.9 Å². The van der Waals surface area contributed by atoms with E-state index in [0.717, 1.165) is 5.56 Å². The average molecular weight is 220 g/mol. The number of amides is 1. The van der Waals surface area contributed by atoms with Crippen molar-refractivity contribution in [3.63, 3.8) is 0 Å². The largest absolute Gasteiger partial charge is 0.480 e. The Morgan fingerprint density at radius 3 is 2.88 bits per heavy atom. The van der Waals surface area contributed by atoms with Crippen molar-refractivity contribution in [2.75, 3.05) is 0 Å². The minimum atomic E-state index is -1.02. The van der Waals surface area contributed by atoms with Gasteiger partial charge in [0.2, 0.25) is 5.91 Å². The first-order chi connectivity index (χ1) is 7.58. The lowest BCUT2D eigenvalue weighted by molar-refractivity contribution is -0.140. The molecule has 0 aliphatic carbocycles. The second-order valence-corrected chi connectivity index (χ2v) is 3.95. The molecule has 1 amide bonds. The van der Waals surface area contributed by atoms with Crippen LogP contribution >= 0.6 is 0 Å². The van der Waals surface area contributed by atoms with Crippen LogP contribution in [0, 0.1) is 6.92 Å². The highest BCUT2D eigenvalue weighted by molar-refractivity contribution is 5.89. The van der Waals surface area contributed by atoms with Crippen LogP contribution in [0.2, 0.25) is 0 Å². The Kier molecular flexibility index (Phi) is 2.60. The summed E-state index contributed by atoms with van der Waals surface area (Å²) >= 11 is 0. The number of hydrogen-bond donors (Lipinski definition) is 2. The Hall–Kier alpha value is -1.91. The lowest BCUT2D eigenvalue weighted by atomic mass is 9.96. The van der Waals surface area contributed by atoms with Crippen LogP contribution in [-0.4, -0.2) is 28.0 Å². The molecule has 84 valence electrons. The van der Waals surface area contributed by atoms with Crippen LogP contribution < -0.4 is 5.32 Å². The molecule has 0 radical (unpaired) electrons. The van der Waals surface area contributed by atoms with E-state index in [9.17, 15) is 9.59 Å². The van der Waals surface area contributed by atoms with Gasteiger partial charge in [0.05, 0.1) is 0 Å². The van der Waals surface area contributed by atoms with E-state index in [1.54, 1.807) is 12.3 Å². The zero-order valence-corrected chi connectivity index (χ0v) is 8.80. The summed E-state index contributed by atoms with van der Waals surface area (Å²) in [5.74, 6) is -1.62. The van der Waals surface area contributed by atoms with Crippen LogP contribution in [0.25, 0.3) is 0 Å². The maximum atomic E-state index is 11.2. The van der Waals surface area contributed by atoms with E-state index in [2.05, 4.69) is 10.3 Å². The van der Waals surface area contributed by atoms with Crippen molar-refractivity contribution < 1.29 is 14.7 Å². The second-order valence-electron chi connectivity index (χ2n) is 3.95. The van der Waals surface area contributed by atoms with Gasteiger partial charge in [-0.15, -0.1) is 0 Å². The molecular weight excluding hydrogens is 208 g/mol. The van der Waals surface area contributed by atoms with Crippen LogP contribution in [-0.2, 0) is 9.59 Å². The van der Waals surface area contributed by atoms with E-state index < -0.39 is 12.0 Å². The number of carbonyl (C=O) groups excluding carboxylic acids is 1. The molecule has 0 saturated carbocycles. The average Bonchev–Trinajstić information content (AvgIpc) is 2.61. The maximum Gasteiger partial charge on any atom is 0.326 e. The van der Waals surface area contributed by atoms with Gasteiger partial charge in [-0.25, -0.2) is 4.79 Å². The van der Waals surface area contributed by atoms with Gasteiger partial charge in [-0.2, -0.15) is 0 Å². The number of nitrogens with one attached hydrogen (secondary N) is 1. The van der Waals surface area contributed by atoms with Gasteiger partial charge in [0.25, 0.3) is 0 Å². The number of aliphatic carboxylic acids is 1. The maximum absolute atomic E-state index is 11.2. The number of aromatic nitrogens is 1. The zero-order valence-electron chi connectivity index (χ0n) is 8.80. The summed E-state index contributed by atoms with van der Waals surface area (Å²) < 4.78 is 0. The topological polar surface area (TPSA) is 79.3 Å². The number of carboxylic acids is 1. The molecule has 2 atom stereocenters. The molecule has 2 heterocycles. The van der Waals surface area contributed by atoms with Crippen molar-refractivity contribution in [1.82, 2.24) is 10.3 Å². The van der Waals surface area contributed by atoms with Crippen molar-refractivity contribution in [2.24, 2.45) is 0 Å². The van der Waals surface area contributed by atoms with Gasteiger partial charge in [0.1, 0.15) is 6.04 Å². The highest BCUT2D eigenvalue weighted by Crippen LogP contribution is 2.27. The minimum absolute atomic E-state index is 0.188. The molecule has 2 rings (SSSR count). The molecule has 1 fully saturated rings. The van der Waals surface area contributed by atoms with Crippen LogP contribution in [0.4, 0.5) is 0 Å². The monoisotopic (exact) mass is 220 g/mol. The van der Waals surface area contributed by atoms with E-state index in [1.807, 2.05) is 13.0 Å². The molecule has 0 spiro atoms. The Morgan fingerprint density at radius 2 is 2.31 bits per heavy atom. The summed E-state index contributed by atoms with van der Waals surface area (Å²) in [6, 6.07) is 2.78. The molecule has 16 heavy (non-hydrogen) atoms. The quantitative estimate of drug-likeness (QED) is 0.758. The molecule has 1 aromatic heterocycles. The zero-order chi connectivity index (χ0) is 11.7. The summed E-state index contributed by atoms with van der Waals surface area (Å²) in [5, 5.41) is 11.4. The summed E-state index contributed by atoms with van der Waals surface area (Å²) in [5.41, 5.74) is 1.66. The summed E-state index contributed by atoms with van der Waals surface area (Å²) in [7, 11) is 0. The molecule has 1 aliphatic heterocycles.